The SMILES string of the molecule is CCCCCCCCC[C@@H](C(=O)N[C@H](COC(C)=O)CC1CCCCC1)[C@H](O)C(=O)NO. The number of hydroxylamine groups is 1. The Bertz CT molecular complexity index is 551. The van der Waals surface area contributed by atoms with E-state index >= 15 is 0 Å². The Morgan fingerprint density at radius 1 is 0.969 bits per heavy atom. The van der Waals surface area contributed by atoms with Gasteiger partial charge in [-0.05, 0) is 18.8 Å². The van der Waals surface area contributed by atoms with Crippen LogP contribution in [0.25, 0.3) is 0 Å². The molecule has 0 aliphatic heterocycles. The third-order valence-corrected chi connectivity index (χ3v) is 6.39. The number of esters is 1. The van der Waals surface area contributed by atoms with Gasteiger partial charge in [0.25, 0.3) is 5.91 Å². The summed E-state index contributed by atoms with van der Waals surface area (Å²) in [5, 5.41) is 22.2. The molecule has 8 nitrogen and oxygen atoms in total. The monoisotopic (exact) mass is 456 g/mol. The van der Waals surface area contributed by atoms with Gasteiger partial charge in [0.2, 0.25) is 5.91 Å². The van der Waals surface area contributed by atoms with Crippen LogP contribution in [0.3, 0.4) is 0 Å². The number of amides is 2. The first-order valence-corrected chi connectivity index (χ1v) is 12.4. The normalized spacial score (nSPS) is 17.2. The average Bonchev–Trinajstić information content (AvgIpc) is 2.78. The smallest absolute Gasteiger partial charge is 0.302 e. The maximum atomic E-state index is 13.0. The van der Waals surface area contributed by atoms with Gasteiger partial charge in [-0.2, -0.15) is 0 Å². The highest BCUT2D eigenvalue weighted by Gasteiger charge is 2.33. The number of aliphatic hydroxyl groups excluding tert-OH is 1. The highest BCUT2D eigenvalue weighted by atomic mass is 16.5. The van der Waals surface area contributed by atoms with E-state index in [1.54, 1.807) is 0 Å². The van der Waals surface area contributed by atoms with E-state index < -0.39 is 29.8 Å². The van der Waals surface area contributed by atoms with Gasteiger partial charge in [0, 0.05) is 6.92 Å². The van der Waals surface area contributed by atoms with Crippen molar-refractivity contribution in [2.75, 3.05) is 6.61 Å². The highest BCUT2D eigenvalue weighted by Crippen LogP contribution is 2.28. The molecule has 0 bridgehead atoms. The molecule has 1 rings (SSSR count). The average molecular weight is 457 g/mol. The molecule has 186 valence electrons. The minimum absolute atomic E-state index is 0.0734. The standard InChI is InChI=1S/C24H44N2O6/c1-3-4-5-6-7-8-12-15-21(22(28)24(30)26-31)23(29)25-20(17-32-18(2)27)16-19-13-10-9-11-14-19/h19-22,28,31H,3-17H2,1-2H3,(H,25,29)(H,26,30)/t20-,21+,22-/m0/s1. The molecule has 32 heavy (non-hydrogen) atoms. The predicted octanol–water partition coefficient (Wildman–Crippen LogP) is 3.63. The minimum atomic E-state index is -1.64. The van der Waals surface area contributed by atoms with Crippen LogP contribution in [0, 0.1) is 11.8 Å². The van der Waals surface area contributed by atoms with Crippen molar-refractivity contribution in [1.82, 2.24) is 10.8 Å². The summed E-state index contributed by atoms with van der Waals surface area (Å²) in [7, 11) is 0. The molecule has 0 saturated heterocycles. The van der Waals surface area contributed by atoms with Crippen LogP contribution in [0.2, 0.25) is 0 Å². The molecule has 0 heterocycles. The second-order valence-electron chi connectivity index (χ2n) is 9.19. The van der Waals surface area contributed by atoms with Crippen molar-refractivity contribution in [3.8, 4) is 0 Å². The zero-order chi connectivity index (χ0) is 23.8. The number of ether oxygens (including phenoxy) is 1. The molecular formula is C24H44N2O6. The second kappa shape index (κ2) is 16.9. The Morgan fingerprint density at radius 3 is 2.19 bits per heavy atom. The zero-order valence-electron chi connectivity index (χ0n) is 19.9. The van der Waals surface area contributed by atoms with Crippen LogP contribution in [-0.2, 0) is 19.1 Å². The van der Waals surface area contributed by atoms with Crippen molar-refractivity contribution in [3.05, 3.63) is 0 Å². The Labute approximate surface area is 192 Å². The van der Waals surface area contributed by atoms with Gasteiger partial charge < -0.3 is 15.2 Å². The van der Waals surface area contributed by atoms with Crippen LogP contribution in [0.1, 0.15) is 104 Å². The number of carbonyl (C=O) groups is 3. The second-order valence-corrected chi connectivity index (χ2v) is 9.19. The molecule has 1 saturated carbocycles. The van der Waals surface area contributed by atoms with Crippen LogP contribution in [0.5, 0.6) is 0 Å². The number of rotatable bonds is 16. The van der Waals surface area contributed by atoms with Gasteiger partial charge in [-0.1, -0.05) is 84.0 Å². The first-order chi connectivity index (χ1) is 15.4. The number of unbranched alkanes of at least 4 members (excludes halogenated alkanes) is 6. The number of aliphatic hydroxyl groups is 1. The van der Waals surface area contributed by atoms with Crippen molar-refractivity contribution in [2.45, 2.75) is 116 Å². The minimum Gasteiger partial charge on any atom is -0.464 e. The molecule has 0 unspecified atom stereocenters. The van der Waals surface area contributed by atoms with Crippen LogP contribution in [0.4, 0.5) is 0 Å². The van der Waals surface area contributed by atoms with E-state index in [4.69, 9.17) is 9.94 Å². The summed E-state index contributed by atoms with van der Waals surface area (Å²) < 4.78 is 5.17. The Kier molecular flexibility index (Phi) is 15.0. The third kappa shape index (κ3) is 11.8. The van der Waals surface area contributed by atoms with Crippen molar-refractivity contribution >= 4 is 17.8 Å². The number of carbonyl (C=O) groups excluding carboxylic acids is 3. The van der Waals surface area contributed by atoms with Crippen molar-refractivity contribution < 1.29 is 29.4 Å². The van der Waals surface area contributed by atoms with E-state index in [2.05, 4.69) is 12.2 Å². The lowest BCUT2D eigenvalue weighted by molar-refractivity contribution is -0.147. The van der Waals surface area contributed by atoms with Crippen LogP contribution < -0.4 is 10.8 Å². The summed E-state index contributed by atoms with van der Waals surface area (Å²) >= 11 is 0. The van der Waals surface area contributed by atoms with Crippen molar-refractivity contribution in [2.24, 2.45) is 11.8 Å². The number of hydrogen-bond donors (Lipinski definition) is 4. The fraction of sp³-hybridized carbons (Fsp3) is 0.875. The van der Waals surface area contributed by atoms with E-state index in [-0.39, 0.29) is 12.6 Å². The summed E-state index contributed by atoms with van der Waals surface area (Å²) in [6.45, 7) is 3.57. The molecule has 0 aromatic heterocycles. The Morgan fingerprint density at radius 2 is 1.59 bits per heavy atom. The van der Waals surface area contributed by atoms with Gasteiger partial charge >= 0.3 is 5.97 Å². The van der Waals surface area contributed by atoms with Crippen LogP contribution in [0.15, 0.2) is 0 Å². The lowest BCUT2D eigenvalue weighted by Gasteiger charge is -2.29. The first-order valence-electron chi connectivity index (χ1n) is 12.4. The van der Waals surface area contributed by atoms with Gasteiger partial charge in [-0.3, -0.25) is 19.6 Å². The summed E-state index contributed by atoms with van der Waals surface area (Å²) in [5.74, 6) is -2.36. The zero-order valence-corrected chi connectivity index (χ0v) is 19.9. The molecule has 2 amide bonds. The molecule has 0 aromatic carbocycles. The predicted molar refractivity (Wildman–Crippen MR) is 122 cm³/mol. The van der Waals surface area contributed by atoms with Gasteiger partial charge in [0.1, 0.15) is 12.7 Å². The quantitative estimate of drug-likeness (QED) is 0.122. The molecule has 8 heteroatoms. The van der Waals surface area contributed by atoms with E-state index in [0.717, 1.165) is 44.9 Å². The van der Waals surface area contributed by atoms with Crippen LogP contribution >= 0.6 is 0 Å². The van der Waals surface area contributed by atoms with E-state index in [0.29, 0.717) is 25.2 Å². The summed E-state index contributed by atoms with van der Waals surface area (Å²) in [5.41, 5.74) is 1.45. The van der Waals surface area contributed by atoms with Gasteiger partial charge in [0.15, 0.2) is 0 Å². The lowest BCUT2D eigenvalue weighted by Crippen LogP contribution is -2.49. The molecule has 1 fully saturated rings. The van der Waals surface area contributed by atoms with Gasteiger partial charge in [0.05, 0.1) is 12.0 Å². The maximum absolute atomic E-state index is 13.0. The Balaban J connectivity index is 2.69. The lowest BCUT2D eigenvalue weighted by atomic mass is 9.84. The summed E-state index contributed by atoms with van der Waals surface area (Å²) in [4.78, 5) is 36.2. The molecular weight excluding hydrogens is 412 g/mol. The van der Waals surface area contributed by atoms with E-state index in [1.807, 2.05) is 0 Å². The van der Waals surface area contributed by atoms with Gasteiger partial charge in [-0.25, -0.2) is 5.48 Å². The molecule has 0 spiro atoms. The molecule has 0 aromatic rings. The highest BCUT2D eigenvalue weighted by molar-refractivity contribution is 5.88. The van der Waals surface area contributed by atoms with Crippen molar-refractivity contribution in [3.63, 3.8) is 0 Å². The summed E-state index contributed by atoms with van der Waals surface area (Å²) in [6.07, 6.45) is 12.5. The number of hydrogen-bond acceptors (Lipinski definition) is 6. The largest absolute Gasteiger partial charge is 0.464 e. The van der Waals surface area contributed by atoms with Crippen LogP contribution in [-0.4, -0.2) is 46.9 Å². The molecule has 3 atom stereocenters. The summed E-state index contributed by atoms with van der Waals surface area (Å²) in [6, 6.07) is -0.365. The topological polar surface area (TPSA) is 125 Å². The fourth-order valence-corrected chi connectivity index (χ4v) is 4.52. The third-order valence-electron chi connectivity index (χ3n) is 6.39. The first kappa shape index (κ1) is 28.4. The fourth-order valence-electron chi connectivity index (χ4n) is 4.52. The van der Waals surface area contributed by atoms with Crippen molar-refractivity contribution in [1.29, 1.82) is 0 Å². The van der Waals surface area contributed by atoms with E-state index in [9.17, 15) is 19.5 Å². The molecule has 1 aliphatic carbocycles. The van der Waals surface area contributed by atoms with Gasteiger partial charge in [-0.15, -0.1) is 0 Å². The number of nitrogens with one attached hydrogen (secondary N) is 2. The molecule has 0 radical (unpaired) electrons. The van der Waals surface area contributed by atoms with E-state index in [1.165, 1.54) is 38.1 Å². The Hall–Kier alpha value is -1.67. The molecule has 1 aliphatic rings. The maximum Gasteiger partial charge on any atom is 0.302 e. The molecule has 4 N–H and O–H groups in total.